The zero-order chi connectivity index (χ0) is 9.84. The van der Waals surface area contributed by atoms with Crippen LogP contribution in [0.1, 0.15) is 20.8 Å². The number of carbonyl (C=O) groups is 1. The van der Waals surface area contributed by atoms with E-state index in [1.165, 1.54) is 0 Å². The first-order valence-corrected chi connectivity index (χ1v) is 4.45. The van der Waals surface area contributed by atoms with Gasteiger partial charge in [0, 0.05) is 12.2 Å². The Morgan fingerprint density at radius 1 is 1.62 bits per heavy atom. The van der Waals surface area contributed by atoms with Gasteiger partial charge in [0.15, 0.2) is 0 Å². The zero-order valence-electron chi connectivity index (χ0n) is 8.31. The monoisotopic (exact) mass is 181 g/mol. The highest BCUT2D eigenvalue weighted by atomic mass is 16.5. The molecule has 0 unspecified atom stereocenters. The molecule has 0 amide bonds. The lowest BCUT2D eigenvalue weighted by Gasteiger charge is -2.17. The van der Waals surface area contributed by atoms with Crippen LogP contribution in [0.5, 0.6) is 0 Å². The molecule has 0 atom stereocenters. The molecule has 0 spiro atoms. The van der Waals surface area contributed by atoms with E-state index in [2.05, 4.69) is 5.32 Å². The van der Waals surface area contributed by atoms with Crippen LogP contribution in [0.4, 0.5) is 0 Å². The summed E-state index contributed by atoms with van der Waals surface area (Å²) >= 11 is 0. The lowest BCUT2D eigenvalue weighted by molar-refractivity contribution is -0.138. The molecule has 0 aromatic carbocycles. The highest BCUT2D eigenvalue weighted by Crippen LogP contribution is 2.17. The molecule has 0 radical (unpaired) electrons. The fourth-order valence-corrected chi connectivity index (χ4v) is 1.36. The second kappa shape index (κ2) is 4.12. The van der Waals surface area contributed by atoms with Gasteiger partial charge in [-0.3, -0.25) is 0 Å². The Balaban J connectivity index is 2.87. The maximum atomic E-state index is 11.5. The van der Waals surface area contributed by atoms with Crippen molar-refractivity contribution in [2.75, 3.05) is 13.2 Å². The lowest BCUT2D eigenvalue weighted by Crippen LogP contribution is -2.23. The summed E-state index contributed by atoms with van der Waals surface area (Å²) in [5.41, 5.74) is 2.57. The molecule has 0 saturated carbocycles. The predicted octanol–water partition coefficient (Wildman–Crippen LogP) is 1.37. The van der Waals surface area contributed by atoms with Gasteiger partial charge in [-0.15, -0.1) is 0 Å². The van der Waals surface area contributed by atoms with Crippen molar-refractivity contribution < 1.29 is 9.53 Å². The Morgan fingerprint density at radius 2 is 2.31 bits per heavy atom. The van der Waals surface area contributed by atoms with E-state index in [0.29, 0.717) is 12.2 Å². The van der Waals surface area contributed by atoms with Crippen LogP contribution >= 0.6 is 0 Å². The van der Waals surface area contributed by atoms with Crippen molar-refractivity contribution in [3.63, 3.8) is 0 Å². The maximum absolute atomic E-state index is 11.5. The quantitative estimate of drug-likeness (QED) is 0.654. The minimum atomic E-state index is -0.235. The molecule has 0 bridgehead atoms. The van der Waals surface area contributed by atoms with Gasteiger partial charge in [0.2, 0.25) is 0 Å². The average molecular weight is 181 g/mol. The number of hydrogen-bond donors (Lipinski definition) is 1. The Hall–Kier alpha value is -1.25. The molecule has 0 fully saturated rings. The molecule has 1 heterocycles. The smallest absolute Gasteiger partial charge is 0.340 e. The van der Waals surface area contributed by atoms with Gasteiger partial charge in [0.05, 0.1) is 12.2 Å². The number of ether oxygens (including phenoxy) is 1. The van der Waals surface area contributed by atoms with E-state index in [1.54, 1.807) is 0 Å². The number of nitrogens with one attached hydrogen (secondary N) is 1. The molecule has 1 aliphatic heterocycles. The van der Waals surface area contributed by atoms with Crippen LogP contribution in [0, 0.1) is 0 Å². The molecule has 3 nitrogen and oxygen atoms in total. The lowest BCUT2D eigenvalue weighted by atomic mass is 10.0. The molecule has 0 saturated heterocycles. The summed E-state index contributed by atoms with van der Waals surface area (Å²) in [7, 11) is 0. The second-order valence-electron chi connectivity index (χ2n) is 2.99. The SMILES string of the molecule is CCOC(=O)C1=C(C)NCC=C1C. The molecule has 0 aromatic heterocycles. The van der Waals surface area contributed by atoms with Crippen molar-refractivity contribution in [3.8, 4) is 0 Å². The molecule has 1 aliphatic rings. The standard InChI is InChI=1S/C10H15NO2/c1-4-13-10(12)9-7(2)5-6-11-8(9)3/h5,11H,4,6H2,1-3H3. The summed E-state index contributed by atoms with van der Waals surface area (Å²) in [5, 5.41) is 3.10. The number of rotatable bonds is 2. The minimum Gasteiger partial charge on any atom is -0.462 e. The third-order valence-electron chi connectivity index (χ3n) is 2.02. The molecular formula is C10H15NO2. The molecule has 1 rings (SSSR count). The van der Waals surface area contributed by atoms with E-state index in [-0.39, 0.29) is 5.97 Å². The van der Waals surface area contributed by atoms with Crippen LogP contribution < -0.4 is 5.32 Å². The fourth-order valence-electron chi connectivity index (χ4n) is 1.36. The van der Waals surface area contributed by atoms with E-state index in [1.807, 2.05) is 26.8 Å². The highest BCUT2D eigenvalue weighted by Gasteiger charge is 2.18. The first-order chi connectivity index (χ1) is 6.16. The first-order valence-electron chi connectivity index (χ1n) is 4.45. The second-order valence-corrected chi connectivity index (χ2v) is 2.99. The number of hydrogen-bond acceptors (Lipinski definition) is 3. The Labute approximate surface area is 78.5 Å². The average Bonchev–Trinajstić information content (AvgIpc) is 2.04. The van der Waals surface area contributed by atoms with E-state index in [0.717, 1.165) is 17.8 Å². The van der Waals surface area contributed by atoms with Crippen molar-refractivity contribution in [1.82, 2.24) is 5.32 Å². The molecular weight excluding hydrogens is 166 g/mol. The molecule has 3 heteroatoms. The van der Waals surface area contributed by atoms with E-state index in [4.69, 9.17) is 4.74 Å². The van der Waals surface area contributed by atoms with Crippen LogP contribution in [0.3, 0.4) is 0 Å². The molecule has 13 heavy (non-hydrogen) atoms. The van der Waals surface area contributed by atoms with Crippen LogP contribution in [-0.4, -0.2) is 19.1 Å². The minimum absolute atomic E-state index is 0.235. The van der Waals surface area contributed by atoms with Gasteiger partial charge in [-0.25, -0.2) is 4.79 Å². The molecule has 0 aromatic rings. The van der Waals surface area contributed by atoms with Gasteiger partial charge in [0.25, 0.3) is 0 Å². The number of esters is 1. The summed E-state index contributed by atoms with van der Waals surface area (Å²) in [5.74, 6) is -0.235. The summed E-state index contributed by atoms with van der Waals surface area (Å²) in [6, 6.07) is 0. The van der Waals surface area contributed by atoms with Crippen LogP contribution in [-0.2, 0) is 9.53 Å². The van der Waals surface area contributed by atoms with Crippen molar-refractivity contribution >= 4 is 5.97 Å². The Bertz CT molecular complexity index is 277. The number of carbonyl (C=O) groups excluding carboxylic acids is 1. The highest BCUT2D eigenvalue weighted by molar-refractivity contribution is 5.94. The van der Waals surface area contributed by atoms with Crippen molar-refractivity contribution in [1.29, 1.82) is 0 Å². The van der Waals surface area contributed by atoms with Gasteiger partial charge in [-0.1, -0.05) is 6.08 Å². The molecule has 1 N–H and O–H groups in total. The number of allylic oxidation sites excluding steroid dienone is 1. The third kappa shape index (κ3) is 2.11. The van der Waals surface area contributed by atoms with Crippen LogP contribution in [0.25, 0.3) is 0 Å². The van der Waals surface area contributed by atoms with Gasteiger partial charge >= 0.3 is 5.97 Å². The topological polar surface area (TPSA) is 38.3 Å². The fraction of sp³-hybridized carbons (Fsp3) is 0.500. The zero-order valence-corrected chi connectivity index (χ0v) is 8.31. The molecule has 0 aliphatic carbocycles. The number of dihydropyridines is 1. The van der Waals surface area contributed by atoms with E-state index < -0.39 is 0 Å². The molecule has 72 valence electrons. The summed E-state index contributed by atoms with van der Waals surface area (Å²) < 4.78 is 4.94. The van der Waals surface area contributed by atoms with Gasteiger partial charge in [-0.2, -0.15) is 0 Å². The predicted molar refractivity (Wildman–Crippen MR) is 51.1 cm³/mol. The van der Waals surface area contributed by atoms with Crippen molar-refractivity contribution in [2.45, 2.75) is 20.8 Å². The largest absolute Gasteiger partial charge is 0.462 e. The normalized spacial score (nSPS) is 16.4. The van der Waals surface area contributed by atoms with E-state index >= 15 is 0 Å². The first kappa shape index (κ1) is 9.84. The van der Waals surface area contributed by atoms with E-state index in [9.17, 15) is 4.79 Å². The summed E-state index contributed by atoms with van der Waals surface area (Å²) in [6.07, 6.45) is 1.99. The Kier molecular flexibility index (Phi) is 3.12. The van der Waals surface area contributed by atoms with Gasteiger partial charge in [0.1, 0.15) is 0 Å². The Morgan fingerprint density at radius 3 is 2.85 bits per heavy atom. The van der Waals surface area contributed by atoms with Crippen molar-refractivity contribution in [2.24, 2.45) is 0 Å². The summed E-state index contributed by atoms with van der Waals surface area (Å²) in [6.45, 7) is 6.84. The van der Waals surface area contributed by atoms with Gasteiger partial charge < -0.3 is 10.1 Å². The van der Waals surface area contributed by atoms with Crippen molar-refractivity contribution in [3.05, 3.63) is 22.9 Å². The summed E-state index contributed by atoms with van der Waals surface area (Å²) in [4.78, 5) is 11.5. The maximum Gasteiger partial charge on any atom is 0.340 e. The van der Waals surface area contributed by atoms with Crippen LogP contribution in [0.15, 0.2) is 22.9 Å². The third-order valence-corrected chi connectivity index (χ3v) is 2.02. The van der Waals surface area contributed by atoms with Gasteiger partial charge in [-0.05, 0) is 26.3 Å². The van der Waals surface area contributed by atoms with Crippen LogP contribution in [0.2, 0.25) is 0 Å².